The zero-order chi connectivity index (χ0) is 15.2. The van der Waals surface area contributed by atoms with Crippen molar-refractivity contribution in [2.75, 3.05) is 26.4 Å². The van der Waals surface area contributed by atoms with Gasteiger partial charge in [-0.15, -0.1) is 0 Å². The second-order valence-electron chi connectivity index (χ2n) is 5.08. The van der Waals surface area contributed by atoms with Gasteiger partial charge in [-0.25, -0.2) is 0 Å². The third kappa shape index (κ3) is 4.11. The van der Waals surface area contributed by atoms with Crippen LogP contribution in [0.5, 0.6) is 0 Å². The quantitative estimate of drug-likeness (QED) is 0.349. The number of hydrogen-bond donors (Lipinski definition) is 5. The minimum Gasteiger partial charge on any atom is -0.394 e. The fourth-order valence-corrected chi connectivity index (χ4v) is 2.50. The van der Waals surface area contributed by atoms with Gasteiger partial charge in [-0.2, -0.15) is 0 Å². The van der Waals surface area contributed by atoms with Gasteiger partial charge in [-0.1, -0.05) is 0 Å². The molecule has 0 amide bonds. The van der Waals surface area contributed by atoms with E-state index in [1.807, 2.05) is 13.8 Å². The molecule has 0 bridgehead atoms. The second kappa shape index (κ2) is 8.23. The number of piperidine rings is 1. The number of β-amino-alcohol motifs (C(OH)–C–C–N with tert-alkyl or cyclic N) is 1. The van der Waals surface area contributed by atoms with E-state index < -0.39 is 30.1 Å². The maximum absolute atomic E-state index is 10.1. The number of rotatable bonds is 8. The summed E-state index contributed by atoms with van der Waals surface area (Å²) in [5, 5.41) is 41.9. The van der Waals surface area contributed by atoms with Crippen LogP contribution in [-0.4, -0.2) is 76.9 Å². The van der Waals surface area contributed by atoms with Gasteiger partial charge in [0.15, 0.2) is 6.29 Å². The Hall–Kier alpha value is -0.280. The topological polar surface area (TPSA) is 111 Å². The summed E-state index contributed by atoms with van der Waals surface area (Å²) in [6.45, 7) is 4.52. The standard InChI is InChI=1S/C13H27NO6/c1-3-19-10(20-4-2)5-6-13(8-15)12(18)11(17)9(16)7-14-13/h9-12,14-18H,3-8H2,1-2H3/t9-,11+,12-,13+/m0/s1. The van der Waals surface area contributed by atoms with E-state index in [-0.39, 0.29) is 13.2 Å². The van der Waals surface area contributed by atoms with Crippen LogP contribution in [-0.2, 0) is 9.47 Å². The van der Waals surface area contributed by atoms with Crippen LogP contribution >= 0.6 is 0 Å². The van der Waals surface area contributed by atoms with E-state index >= 15 is 0 Å². The molecule has 0 aromatic carbocycles. The van der Waals surface area contributed by atoms with E-state index in [1.54, 1.807) is 0 Å². The second-order valence-corrected chi connectivity index (χ2v) is 5.08. The van der Waals surface area contributed by atoms with E-state index in [2.05, 4.69) is 5.32 Å². The molecule has 7 heteroatoms. The van der Waals surface area contributed by atoms with Gasteiger partial charge in [0.2, 0.25) is 0 Å². The number of hydrogen-bond acceptors (Lipinski definition) is 7. The summed E-state index contributed by atoms with van der Waals surface area (Å²) in [6.07, 6.45) is -3.15. The van der Waals surface area contributed by atoms with Gasteiger partial charge >= 0.3 is 0 Å². The van der Waals surface area contributed by atoms with Crippen LogP contribution in [0.3, 0.4) is 0 Å². The molecular weight excluding hydrogens is 266 g/mol. The van der Waals surface area contributed by atoms with Gasteiger partial charge in [0.1, 0.15) is 12.2 Å². The van der Waals surface area contributed by atoms with Crippen molar-refractivity contribution >= 4 is 0 Å². The van der Waals surface area contributed by atoms with Crippen LogP contribution in [0.15, 0.2) is 0 Å². The molecule has 1 saturated heterocycles. The summed E-state index contributed by atoms with van der Waals surface area (Å²) in [5.74, 6) is 0. The Morgan fingerprint density at radius 2 is 1.80 bits per heavy atom. The zero-order valence-electron chi connectivity index (χ0n) is 12.2. The Balaban J connectivity index is 2.64. The van der Waals surface area contributed by atoms with Crippen molar-refractivity contribution in [1.29, 1.82) is 0 Å². The molecule has 5 N–H and O–H groups in total. The first-order valence-electron chi connectivity index (χ1n) is 7.14. The molecule has 1 heterocycles. The Bertz CT molecular complexity index is 274. The van der Waals surface area contributed by atoms with Crippen molar-refractivity contribution in [3.8, 4) is 0 Å². The summed E-state index contributed by atoms with van der Waals surface area (Å²) in [4.78, 5) is 0. The highest BCUT2D eigenvalue weighted by Gasteiger charge is 2.47. The molecule has 20 heavy (non-hydrogen) atoms. The van der Waals surface area contributed by atoms with E-state index in [0.29, 0.717) is 26.1 Å². The average Bonchev–Trinajstić information content (AvgIpc) is 2.45. The number of aliphatic hydroxyl groups excluding tert-OH is 4. The highest BCUT2D eigenvalue weighted by molar-refractivity contribution is 5.04. The number of aliphatic hydroxyl groups is 4. The molecule has 0 aliphatic carbocycles. The van der Waals surface area contributed by atoms with E-state index in [9.17, 15) is 20.4 Å². The summed E-state index contributed by atoms with van der Waals surface area (Å²) in [5.41, 5.74) is -1.05. The SMILES string of the molecule is CCOC(CC[C@]1(CO)NC[C@H](O)[C@@H](O)[C@@H]1O)OCC. The van der Waals surface area contributed by atoms with Crippen molar-refractivity contribution in [2.24, 2.45) is 0 Å². The van der Waals surface area contributed by atoms with Crippen molar-refractivity contribution in [3.05, 3.63) is 0 Å². The minimum absolute atomic E-state index is 0.118. The van der Waals surface area contributed by atoms with Crippen LogP contribution in [0.1, 0.15) is 26.7 Å². The zero-order valence-corrected chi connectivity index (χ0v) is 12.2. The van der Waals surface area contributed by atoms with Crippen LogP contribution in [0, 0.1) is 0 Å². The Morgan fingerprint density at radius 3 is 2.30 bits per heavy atom. The predicted octanol–water partition coefficient (Wildman–Crippen LogP) is -1.42. The molecule has 1 fully saturated rings. The van der Waals surface area contributed by atoms with Gasteiger partial charge in [0, 0.05) is 26.2 Å². The average molecular weight is 293 g/mol. The van der Waals surface area contributed by atoms with Gasteiger partial charge in [0.25, 0.3) is 0 Å². The summed E-state index contributed by atoms with van der Waals surface area (Å²) in [7, 11) is 0. The molecule has 0 unspecified atom stereocenters. The van der Waals surface area contributed by atoms with E-state index in [4.69, 9.17) is 9.47 Å². The van der Waals surface area contributed by atoms with Crippen LogP contribution in [0.4, 0.5) is 0 Å². The first-order chi connectivity index (χ1) is 9.50. The Morgan fingerprint density at radius 1 is 1.20 bits per heavy atom. The Labute approximate surface area is 119 Å². The molecule has 1 aliphatic rings. The molecule has 0 aromatic heterocycles. The van der Waals surface area contributed by atoms with Crippen LogP contribution < -0.4 is 5.32 Å². The summed E-state index contributed by atoms with van der Waals surface area (Å²) >= 11 is 0. The summed E-state index contributed by atoms with van der Waals surface area (Å²) < 4.78 is 10.8. The molecule has 0 aromatic rings. The maximum atomic E-state index is 10.1. The van der Waals surface area contributed by atoms with Crippen molar-refractivity contribution in [3.63, 3.8) is 0 Å². The number of nitrogens with one attached hydrogen (secondary N) is 1. The first kappa shape index (κ1) is 17.8. The van der Waals surface area contributed by atoms with Crippen LogP contribution in [0.25, 0.3) is 0 Å². The highest BCUT2D eigenvalue weighted by Crippen LogP contribution is 2.26. The van der Waals surface area contributed by atoms with Gasteiger partial charge in [0.05, 0.1) is 18.2 Å². The molecular formula is C13H27NO6. The first-order valence-corrected chi connectivity index (χ1v) is 7.14. The smallest absolute Gasteiger partial charge is 0.157 e. The third-order valence-electron chi connectivity index (χ3n) is 3.76. The van der Waals surface area contributed by atoms with Gasteiger partial charge in [-0.3, -0.25) is 0 Å². The lowest BCUT2D eigenvalue weighted by Gasteiger charge is -2.46. The lowest BCUT2D eigenvalue weighted by atomic mass is 9.80. The molecule has 0 radical (unpaired) electrons. The minimum atomic E-state index is -1.28. The molecule has 4 atom stereocenters. The third-order valence-corrected chi connectivity index (χ3v) is 3.76. The van der Waals surface area contributed by atoms with E-state index in [0.717, 1.165) is 0 Å². The highest BCUT2D eigenvalue weighted by atomic mass is 16.7. The fraction of sp³-hybridized carbons (Fsp3) is 1.00. The number of ether oxygens (including phenoxy) is 2. The summed E-state index contributed by atoms with van der Waals surface area (Å²) in [6, 6.07) is 0. The molecule has 1 rings (SSSR count). The van der Waals surface area contributed by atoms with Gasteiger partial charge < -0.3 is 35.2 Å². The molecule has 7 nitrogen and oxygen atoms in total. The predicted molar refractivity (Wildman–Crippen MR) is 72.1 cm³/mol. The fourth-order valence-electron chi connectivity index (χ4n) is 2.50. The molecule has 0 saturated carbocycles. The van der Waals surface area contributed by atoms with Crippen molar-refractivity contribution in [1.82, 2.24) is 5.32 Å². The molecule has 120 valence electrons. The molecule has 1 aliphatic heterocycles. The van der Waals surface area contributed by atoms with Gasteiger partial charge in [-0.05, 0) is 20.3 Å². The molecule has 0 spiro atoms. The van der Waals surface area contributed by atoms with Crippen molar-refractivity contribution in [2.45, 2.75) is 56.8 Å². The van der Waals surface area contributed by atoms with Crippen LogP contribution in [0.2, 0.25) is 0 Å². The van der Waals surface area contributed by atoms with E-state index in [1.165, 1.54) is 0 Å². The largest absolute Gasteiger partial charge is 0.394 e. The maximum Gasteiger partial charge on any atom is 0.157 e. The normalized spacial score (nSPS) is 34.6. The van der Waals surface area contributed by atoms with Crippen molar-refractivity contribution < 1.29 is 29.9 Å². The monoisotopic (exact) mass is 293 g/mol. The lowest BCUT2D eigenvalue weighted by molar-refractivity contribution is -0.160. The lowest BCUT2D eigenvalue weighted by Crippen LogP contribution is -2.69. The Kier molecular flexibility index (Phi) is 7.32.